The first-order valence-electron chi connectivity index (χ1n) is 4.33. The molecule has 0 aliphatic heterocycles. The molecule has 5 heteroatoms. The number of ether oxygens (including phenoxy) is 1. The van der Waals surface area contributed by atoms with Crippen molar-refractivity contribution in [3.05, 3.63) is 0 Å². The summed E-state index contributed by atoms with van der Waals surface area (Å²) in [6.45, 7) is 3.09. The maximum atomic E-state index is 10.9. The van der Waals surface area contributed by atoms with Crippen LogP contribution >= 0.6 is 0 Å². The van der Waals surface area contributed by atoms with E-state index in [0.29, 0.717) is 6.42 Å². The summed E-state index contributed by atoms with van der Waals surface area (Å²) in [6.07, 6.45) is 2.72. The molecule has 0 N–H and O–H groups in total. The Labute approximate surface area is 98.3 Å². The first kappa shape index (κ1) is 16.0. The first-order valence-corrected chi connectivity index (χ1v) is 4.33. The van der Waals surface area contributed by atoms with Crippen LogP contribution in [0, 0.1) is 0 Å². The molecule has 0 spiro atoms. The summed E-state index contributed by atoms with van der Waals surface area (Å²) >= 11 is 0. The maximum absolute atomic E-state index is 10.9. The monoisotopic (exact) mass is 234 g/mol. The van der Waals surface area contributed by atoms with Crippen molar-refractivity contribution in [1.82, 2.24) is 0 Å². The number of ketones is 1. The van der Waals surface area contributed by atoms with E-state index in [9.17, 15) is 14.4 Å². The SMILES string of the molecule is CCCCCC(=O)C(=O)OC(C)=O.[Ti]. The van der Waals surface area contributed by atoms with E-state index in [-0.39, 0.29) is 28.1 Å². The van der Waals surface area contributed by atoms with Crippen molar-refractivity contribution in [2.24, 2.45) is 0 Å². The van der Waals surface area contributed by atoms with Gasteiger partial charge < -0.3 is 4.74 Å². The standard InChI is InChI=1S/C9H14O4.Ti/c1-3-4-5-6-8(11)9(12)13-7(2)10;/h3-6H2,1-2H3;. The Morgan fingerprint density at radius 1 is 1.14 bits per heavy atom. The van der Waals surface area contributed by atoms with E-state index >= 15 is 0 Å². The number of esters is 2. The van der Waals surface area contributed by atoms with Crippen LogP contribution in [-0.4, -0.2) is 17.7 Å². The van der Waals surface area contributed by atoms with Crippen LogP contribution in [0.25, 0.3) is 0 Å². The third-order valence-corrected chi connectivity index (χ3v) is 1.47. The molecule has 0 aromatic heterocycles. The van der Waals surface area contributed by atoms with Gasteiger partial charge in [-0.05, 0) is 6.42 Å². The molecule has 0 bridgehead atoms. The number of hydrogen-bond acceptors (Lipinski definition) is 4. The van der Waals surface area contributed by atoms with Crippen molar-refractivity contribution < 1.29 is 40.8 Å². The molecule has 0 unspecified atom stereocenters. The predicted molar refractivity (Wildman–Crippen MR) is 45.9 cm³/mol. The predicted octanol–water partition coefficient (Wildman–Crippen LogP) is 1.22. The largest absolute Gasteiger partial charge is 0.387 e. The molecule has 78 valence electrons. The minimum Gasteiger partial charge on any atom is -0.387 e. The fourth-order valence-electron chi connectivity index (χ4n) is 0.825. The van der Waals surface area contributed by atoms with E-state index in [2.05, 4.69) is 4.74 Å². The van der Waals surface area contributed by atoms with E-state index in [4.69, 9.17) is 0 Å². The molecule has 4 nitrogen and oxygen atoms in total. The van der Waals surface area contributed by atoms with Gasteiger partial charge in [0.1, 0.15) is 0 Å². The molecule has 0 aliphatic rings. The Morgan fingerprint density at radius 2 is 1.71 bits per heavy atom. The zero-order valence-electron chi connectivity index (χ0n) is 8.46. The van der Waals surface area contributed by atoms with Crippen LogP contribution in [0.15, 0.2) is 0 Å². The van der Waals surface area contributed by atoms with Crippen LogP contribution < -0.4 is 0 Å². The molecule has 0 saturated heterocycles. The Balaban J connectivity index is 0. The van der Waals surface area contributed by atoms with Gasteiger partial charge in [-0.15, -0.1) is 0 Å². The van der Waals surface area contributed by atoms with Gasteiger partial charge in [0.25, 0.3) is 0 Å². The van der Waals surface area contributed by atoms with E-state index < -0.39 is 17.7 Å². The normalized spacial score (nSPS) is 8.71. The molecular weight excluding hydrogens is 220 g/mol. The molecule has 0 heterocycles. The van der Waals surface area contributed by atoms with Crippen molar-refractivity contribution in [3.8, 4) is 0 Å². The molecule has 0 aliphatic carbocycles. The molecule has 0 amide bonds. The number of carbonyl (C=O) groups excluding carboxylic acids is 3. The molecular formula is C9H14O4Ti. The van der Waals surface area contributed by atoms with Gasteiger partial charge in [0, 0.05) is 35.1 Å². The van der Waals surface area contributed by atoms with Crippen molar-refractivity contribution in [2.75, 3.05) is 0 Å². The summed E-state index contributed by atoms with van der Waals surface area (Å²) in [5.74, 6) is -2.40. The van der Waals surface area contributed by atoms with E-state index in [1.54, 1.807) is 0 Å². The minimum atomic E-state index is -1.04. The van der Waals surface area contributed by atoms with Crippen molar-refractivity contribution in [2.45, 2.75) is 39.5 Å². The van der Waals surface area contributed by atoms with Gasteiger partial charge in [-0.25, -0.2) is 4.79 Å². The third-order valence-electron chi connectivity index (χ3n) is 1.47. The molecule has 0 atom stereocenters. The Morgan fingerprint density at radius 3 is 2.14 bits per heavy atom. The Hall–Kier alpha value is -0.476. The first-order chi connectivity index (χ1) is 6.07. The zero-order chi connectivity index (χ0) is 10.3. The fourth-order valence-corrected chi connectivity index (χ4v) is 0.825. The number of hydrogen-bond donors (Lipinski definition) is 0. The average molecular weight is 234 g/mol. The molecule has 0 fully saturated rings. The Kier molecular flexibility index (Phi) is 10.4. The van der Waals surface area contributed by atoms with E-state index in [0.717, 1.165) is 19.8 Å². The van der Waals surface area contributed by atoms with Crippen molar-refractivity contribution in [1.29, 1.82) is 0 Å². The number of Topliss-reactive ketones (excluding diaryl/α,β-unsaturated/α-hetero) is 1. The van der Waals surface area contributed by atoms with Gasteiger partial charge in [-0.3, -0.25) is 9.59 Å². The molecule has 14 heavy (non-hydrogen) atoms. The van der Waals surface area contributed by atoms with Gasteiger partial charge in [-0.2, -0.15) is 0 Å². The van der Waals surface area contributed by atoms with Gasteiger partial charge in [0.2, 0.25) is 5.78 Å². The minimum absolute atomic E-state index is 0. The van der Waals surface area contributed by atoms with Crippen LogP contribution in [0.1, 0.15) is 39.5 Å². The molecule has 0 rings (SSSR count). The van der Waals surface area contributed by atoms with Gasteiger partial charge in [0.05, 0.1) is 0 Å². The van der Waals surface area contributed by atoms with Crippen molar-refractivity contribution in [3.63, 3.8) is 0 Å². The second-order valence-electron chi connectivity index (χ2n) is 2.76. The summed E-state index contributed by atoms with van der Waals surface area (Å²) in [5.41, 5.74) is 0. The van der Waals surface area contributed by atoms with Crippen molar-refractivity contribution >= 4 is 17.7 Å². The van der Waals surface area contributed by atoms with Gasteiger partial charge in [-0.1, -0.05) is 19.8 Å². The van der Waals surface area contributed by atoms with Crippen LogP contribution in [0.3, 0.4) is 0 Å². The van der Waals surface area contributed by atoms with Crippen LogP contribution in [-0.2, 0) is 40.8 Å². The summed E-state index contributed by atoms with van der Waals surface area (Å²) in [5, 5.41) is 0. The molecule has 0 radical (unpaired) electrons. The molecule has 0 saturated carbocycles. The summed E-state index contributed by atoms with van der Waals surface area (Å²) in [7, 11) is 0. The third kappa shape index (κ3) is 8.14. The average Bonchev–Trinajstić information content (AvgIpc) is 2.03. The van der Waals surface area contributed by atoms with E-state index in [1.165, 1.54) is 0 Å². The second-order valence-corrected chi connectivity index (χ2v) is 2.76. The number of carbonyl (C=O) groups is 3. The Bertz CT molecular complexity index is 213. The van der Waals surface area contributed by atoms with Crippen LogP contribution in [0.5, 0.6) is 0 Å². The molecule has 0 aromatic carbocycles. The quantitative estimate of drug-likeness (QED) is 0.236. The van der Waals surface area contributed by atoms with Gasteiger partial charge in [0.15, 0.2) is 0 Å². The second kappa shape index (κ2) is 9.09. The summed E-state index contributed by atoms with van der Waals surface area (Å²) in [6, 6.07) is 0. The maximum Gasteiger partial charge on any atom is 0.382 e. The van der Waals surface area contributed by atoms with E-state index in [1.807, 2.05) is 6.92 Å². The van der Waals surface area contributed by atoms with Gasteiger partial charge >= 0.3 is 11.9 Å². The number of rotatable bonds is 5. The molecule has 0 aromatic rings. The van der Waals surface area contributed by atoms with Crippen LogP contribution in [0.2, 0.25) is 0 Å². The zero-order valence-corrected chi connectivity index (χ0v) is 10.0. The summed E-state index contributed by atoms with van der Waals surface area (Å²) < 4.78 is 4.12. The summed E-state index contributed by atoms with van der Waals surface area (Å²) in [4.78, 5) is 32.0. The fraction of sp³-hybridized carbons (Fsp3) is 0.667. The number of unbranched alkanes of at least 4 members (excludes halogenated alkanes) is 2. The smallest absolute Gasteiger partial charge is 0.382 e. The van der Waals surface area contributed by atoms with Crippen LogP contribution in [0.4, 0.5) is 0 Å². The topological polar surface area (TPSA) is 60.4 Å².